The first kappa shape index (κ1) is 19.9. The molecule has 0 bridgehead atoms. The highest BCUT2D eigenvalue weighted by atomic mass is 35.5. The fourth-order valence-electron chi connectivity index (χ4n) is 2.99. The molecule has 2 heterocycles. The molecule has 0 radical (unpaired) electrons. The van der Waals surface area contributed by atoms with Gasteiger partial charge in [-0.15, -0.1) is 11.8 Å². The number of para-hydroxylation sites is 1. The van der Waals surface area contributed by atoms with Crippen LogP contribution in [-0.2, 0) is 17.8 Å². The molecule has 2 aromatic heterocycles. The van der Waals surface area contributed by atoms with E-state index < -0.39 is 0 Å². The number of halogens is 1. The second kappa shape index (κ2) is 8.98. The third-order valence-electron chi connectivity index (χ3n) is 4.52. The molecule has 0 aliphatic heterocycles. The Hall–Kier alpha value is -2.35. The van der Waals surface area contributed by atoms with Crippen LogP contribution in [0.4, 0.5) is 5.13 Å². The number of hydrogen-bond donors (Lipinski definition) is 0. The molecule has 0 atom stereocenters. The molecular formula is C21H19ClN4OS2. The van der Waals surface area contributed by atoms with Gasteiger partial charge in [-0.25, -0.2) is 4.98 Å². The Labute approximate surface area is 182 Å². The number of hydrogen-bond acceptors (Lipinski definition) is 5. The van der Waals surface area contributed by atoms with Crippen LogP contribution in [0.1, 0.15) is 5.56 Å². The van der Waals surface area contributed by atoms with Crippen molar-refractivity contribution in [3.8, 4) is 0 Å². The van der Waals surface area contributed by atoms with Crippen LogP contribution in [0.15, 0.2) is 65.8 Å². The SMILES string of the molecule is CSc1ccc(CC(=O)N(CCn2cccn2)c2nc3c(Cl)cccc3s2)cc1. The van der Waals surface area contributed by atoms with Crippen LogP contribution in [-0.4, -0.2) is 33.5 Å². The largest absolute Gasteiger partial charge is 0.286 e. The van der Waals surface area contributed by atoms with Gasteiger partial charge in [-0.3, -0.25) is 14.4 Å². The summed E-state index contributed by atoms with van der Waals surface area (Å²) in [5.74, 6) is 0.00392. The predicted octanol–water partition coefficient (Wildman–Crippen LogP) is 5.14. The molecule has 0 saturated carbocycles. The average Bonchev–Trinajstić information content (AvgIpc) is 3.39. The summed E-state index contributed by atoms with van der Waals surface area (Å²) in [6.45, 7) is 1.08. The number of benzene rings is 2. The van der Waals surface area contributed by atoms with E-state index in [-0.39, 0.29) is 5.91 Å². The minimum Gasteiger partial charge on any atom is -0.286 e. The molecule has 148 valence electrons. The zero-order chi connectivity index (χ0) is 20.2. The van der Waals surface area contributed by atoms with Crippen LogP contribution >= 0.6 is 34.7 Å². The van der Waals surface area contributed by atoms with Gasteiger partial charge in [-0.1, -0.05) is 41.1 Å². The number of thiazole rings is 1. The lowest BCUT2D eigenvalue weighted by atomic mass is 10.1. The van der Waals surface area contributed by atoms with Crippen molar-refractivity contribution in [3.05, 3.63) is 71.5 Å². The second-order valence-corrected chi connectivity index (χ2v) is 8.72. The van der Waals surface area contributed by atoms with Gasteiger partial charge in [0.05, 0.1) is 22.7 Å². The summed E-state index contributed by atoms with van der Waals surface area (Å²) in [6, 6.07) is 15.6. The van der Waals surface area contributed by atoms with Gasteiger partial charge >= 0.3 is 0 Å². The quantitative estimate of drug-likeness (QED) is 0.372. The molecule has 2 aromatic carbocycles. The first-order valence-corrected chi connectivity index (χ1v) is 11.5. The van der Waals surface area contributed by atoms with E-state index >= 15 is 0 Å². The second-order valence-electron chi connectivity index (χ2n) is 6.42. The summed E-state index contributed by atoms with van der Waals surface area (Å²) in [5, 5.41) is 5.49. The molecule has 4 aromatic rings. The lowest BCUT2D eigenvalue weighted by Gasteiger charge is -2.20. The van der Waals surface area contributed by atoms with E-state index in [9.17, 15) is 4.79 Å². The van der Waals surface area contributed by atoms with E-state index in [2.05, 4.69) is 10.1 Å². The van der Waals surface area contributed by atoms with Gasteiger partial charge in [0.25, 0.3) is 0 Å². The van der Waals surface area contributed by atoms with Gasteiger partial charge < -0.3 is 0 Å². The number of fused-ring (bicyclic) bond motifs is 1. The summed E-state index contributed by atoms with van der Waals surface area (Å²) in [6.07, 6.45) is 5.97. The summed E-state index contributed by atoms with van der Waals surface area (Å²) in [7, 11) is 0. The lowest BCUT2D eigenvalue weighted by Crippen LogP contribution is -2.35. The average molecular weight is 443 g/mol. The highest BCUT2D eigenvalue weighted by Gasteiger charge is 2.21. The molecule has 0 fully saturated rings. The van der Waals surface area contributed by atoms with Crippen molar-refractivity contribution >= 4 is 56.0 Å². The van der Waals surface area contributed by atoms with Gasteiger partial charge in [0.1, 0.15) is 5.52 Å². The van der Waals surface area contributed by atoms with Gasteiger partial charge in [0.2, 0.25) is 5.91 Å². The molecule has 0 spiro atoms. The number of aromatic nitrogens is 3. The Balaban J connectivity index is 1.60. The molecule has 0 saturated heterocycles. The maximum absolute atomic E-state index is 13.2. The molecular weight excluding hydrogens is 424 g/mol. The number of thioether (sulfide) groups is 1. The maximum Gasteiger partial charge on any atom is 0.233 e. The molecule has 5 nitrogen and oxygen atoms in total. The molecule has 1 amide bonds. The van der Waals surface area contributed by atoms with E-state index in [1.807, 2.05) is 65.7 Å². The Kier molecular flexibility index (Phi) is 6.18. The number of amides is 1. The zero-order valence-electron chi connectivity index (χ0n) is 15.8. The molecule has 29 heavy (non-hydrogen) atoms. The van der Waals surface area contributed by atoms with Crippen LogP contribution in [0.3, 0.4) is 0 Å². The van der Waals surface area contributed by atoms with Crippen molar-refractivity contribution in [2.75, 3.05) is 17.7 Å². The Morgan fingerprint density at radius 1 is 1.21 bits per heavy atom. The molecule has 0 aliphatic rings. The molecule has 8 heteroatoms. The number of nitrogens with zero attached hydrogens (tertiary/aromatic N) is 4. The van der Waals surface area contributed by atoms with Crippen molar-refractivity contribution in [3.63, 3.8) is 0 Å². The summed E-state index contributed by atoms with van der Waals surface area (Å²) < 4.78 is 2.78. The fraction of sp³-hybridized carbons (Fsp3) is 0.190. The Morgan fingerprint density at radius 3 is 2.72 bits per heavy atom. The smallest absolute Gasteiger partial charge is 0.233 e. The van der Waals surface area contributed by atoms with Gasteiger partial charge in [-0.05, 0) is 42.2 Å². The van der Waals surface area contributed by atoms with Crippen LogP contribution in [0.25, 0.3) is 10.2 Å². The summed E-state index contributed by atoms with van der Waals surface area (Å²) in [4.78, 5) is 20.8. The van der Waals surface area contributed by atoms with Crippen LogP contribution < -0.4 is 4.90 Å². The highest BCUT2D eigenvalue weighted by Crippen LogP contribution is 2.33. The number of anilines is 1. The molecule has 0 unspecified atom stereocenters. The monoisotopic (exact) mass is 442 g/mol. The third-order valence-corrected chi connectivity index (χ3v) is 6.61. The lowest BCUT2D eigenvalue weighted by molar-refractivity contribution is -0.118. The van der Waals surface area contributed by atoms with Gasteiger partial charge in [0, 0.05) is 23.8 Å². The van der Waals surface area contributed by atoms with E-state index in [1.165, 1.54) is 16.2 Å². The molecule has 4 rings (SSSR count). The third kappa shape index (κ3) is 4.63. The van der Waals surface area contributed by atoms with Crippen molar-refractivity contribution < 1.29 is 4.79 Å². The standard InChI is InChI=1S/C21H19ClN4OS2/c1-28-16-8-6-15(7-9-16)14-19(27)26(13-12-25-11-3-10-23-25)21-24-20-17(22)4-2-5-18(20)29-21/h2-11H,12-14H2,1H3. The first-order valence-electron chi connectivity index (χ1n) is 9.10. The molecule has 0 aliphatic carbocycles. The van der Waals surface area contributed by atoms with E-state index in [1.54, 1.807) is 22.9 Å². The summed E-state index contributed by atoms with van der Waals surface area (Å²) >= 11 is 9.46. The first-order chi connectivity index (χ1) is 14.1. The van der Waals surface area contributed by atoms with E-state index in [0.29, 0.717) is 29.7 Å². The van der Waals surface area contributed by atoms with Crippen molar-refractivity contribution in [1.29, 1.82) is 0 Å². The van der Waals surface area contributed by atoms with Crippen molar-refractivity contribution in [2.45, 2.75) is 17.9 Å². The van der Waals surface area contributed by atoms with Gasteiger partial charge in [0.15, 0.2) is 5.13 Å². The Bertz CT molecular complexity index is 1110. The minimum atomic E-state index is 0.00392. The molecule has 0 N–H and O–H groups in total. The van der Waals surface area contributed by atoms with Gasteiger partial charge in [-0.2, -0.15) is 5.10 Å². The van der Waals surface area contributed by atoms with Crippen LogP contribution in [0.5, 0.6) is 0 Å². The predicted molar refractivity (Wildman–Crippen MR) is 121 cm³/mol. The van der Waals surface area contributed by atoms with Crippen molar-refractivity contribution in [1.82, 2.24) is 14.8 Å². The van der Waals surface area contributed by atoms with Crippen LogP contribution in [0, 0.1) is 0 Å². The summed E-state index contributed by atoms with van der Waals surface area (Å²) in [5.41, 5.74) is 1.71. The fourth-order valence-corrected chi connectivity index (χ4v) is 4.71. The maximum atomic E-state index is 13.2. The topological polar surface area (TPSA) is 51.0 Å². The minimum absolute atomic E-state index is 0.00392. The number of rotatable bonds is 7. The van der Waals surface area contributed by atoms with E-state index in [4.69, 9.17) is 11.6 Å². The van der Waals surface area contributed by atoms with Crippen molar-refractivity contribution in [2.24, 2.45) is 0 Å². The van der Waals surface area contributed by atoms with E-state index in [0.717, 1.165) is 15.8 Å². The zero-order valence-corrected chi connectivity index (χ0v) is 18.2. The highest BCUT2D eigenvalue weighted by molar-refractivity contribution is 7.98. The Morgan fingerprint density at radius 2 is 2.03 bits per heavy atom. The number of carbonyl (C=O) groups excluding carboxylic acids is 1. The van der Waals surface area contributed by atoms with Crippen LogP contribution in [0.2, 0.25) is 5.02 Å². The number of carbonyl (C=O) groups is 1. The normalized spacial score (nSPS) is 11.1.